The predicted molar refractivity (Wildman–Crippen MR) is 64.1 cm³/mol. The molecule has 1 heterocycles. The van der Waals surface area contributed by atoms with Gasteiger partial charge in [-0.15, -0.1) is 0 Å². The lowest BCUT2D eigenvalue weighted by Crippen LogP contribution is -2.04. The minimum Gasteiger partial charge on any atom is -0.478 e. The van der Waals surface area contributed by atoms with Crippen LogP contribution in [0.2, 0.25) is 5.15 Å². The van der Waals surface area contributed by atoms with E-state index in [-0.39, 0.29) is 10.7 Å². The molecule has 1 aromatic heterocycles. The Labute approximate surface area is 99.0 Å². The van der Waals surface area contributed by atoms with Gasteiger partial charge in [-0.2, -0.15) is 0 Å². The van der Waals surface area contributed by atoms with E-state index in [2.05, 4.69) is 10.3 Å². The van der Waals surface area contributed by atoms with Gasteiger partial charge in [-0.1, -0.05) is 23.3 Å². The van der Waals surface area contributed by atoms with E-state index in [0.717, 1.165) is 0 Å². The number of carboxylic acid groups (broad SMARTS) is 1. The normalized spacial score (nSPS) is 9.69. The third kappa shape index (κ3) is 3.90. The number of hydrogen-bond donors (Lipinski definition) is 2. The van der Waals surface area contributed by atoms with E-state index in [4.69, 9.17) is 16.7 Å². The molecule has 0 aliphatic carbocycles. The Morgan fingerprint density at radius 2 is 2.25 bits per heavy atom. The van der Waals surface area contributed by atoms with Crippen molar-refractivity contribution in [2.75, 3.05) is 11.9 Å². The summed E-state index contributed by atoms with van der Waals surface area (Å²) < 4.78 is 0. The van der Waals surface area contributed by atoms with Crippen molar-refractivity contribution in [3.63, 3.8) is 0 Å². The van der Waals surface area contributed by atoms with E-state index in [1.54, 1.807) is 0 Å². The number of carbonyl (C=O) groups is 1. The van der Waals surface area contributed by atoms with Gasteiger partial charge in [0.25, 0.3) is 0 Å². The Morgan fingerprint density at radius 1 is 1.56 bits per heavy atom. The number of aromatic carboxylic acids is 1. The quantitative estimate of drug-likeness (QED) is 0.628. The zero-order valence-corrected chi connectivity index (χ0v) is 9.88. The molecule has 0 radical (unpaired) electrons. The van der Waals surface area contributed by atoms with Gasteiger partial charge in [0, 0.05) is 6.54 Å². The number of hydrogen-bond acceptors (Lipinski definition) is 3. The third-order valence-corrected chi connectivity index (χ3v) is 2.03. The Bertz CT molecular complexity index is 426. The number of carboxylic acids is 1. The molecule has 0 saturated heterocycles. The summed E-state index contributed by atoms with van der Waals surface area (Å²) in [6, 6.07) is 2.77. The molecule has 0 aromatic carbocycles. The summed E-state index contributed by atoms with van der Waals surface area (Å²) in [5.41, 5.74) is 1.30. The number of pyridine rings is 1. The van der Waals surface area contributed by atoms with Crippen LogP contribution >= 0.6 is 11.6 Å². The van der Waals surface area contributed by atoms with Crippen LogP contribution in [-0.2, 0) is 0 Å². The minimum atomic E-state index is -1.02. The third-order valence-electron chi connectivity index (χ3n) is 1.83. The van der Waals surface area contributed by atoms with E-state index >= 15 is 0 Å². The average molecular weight is 241 g/mol. The maximum Gasteiger partial charge on any atom is 0.335 e. The lowest BCUT2D eigenvalue weighted by Gasteiger charge is -2.04. The molecule has 1 rings (SSSR count). The first kappa shape index (κ1) is 12.5. The van der Waals surface area contributed by atoms with Crippen LogP contribution in [0.4, 0.5) is 5.82 Å². The molecule has 0 saturated carbocycles. The van der Waals surface area contributed by atoms with Crippen LogP contribution in [0, 0.1) is 0 Å². The van der Waals surface area contributed by atoms with Gasteiger partial charge in [0.05, 0.1) is 5.56 Å². The molecule has 2 N–H and O–H groups in total. The standard InChI is InChI=1S/C11H13ClN2O2/c1-7(2)3-4-13-10-6-8(11(15)16)5-9(12)14-10/h3,5-6H,4H2,1-2H3,(H,13,14)(H,15,16). The fourth-order valence-corrected chi connectivity index (χ4v) is 1.28. The molecule has 0 unspecified atom stereocenters. The Balaban J connectivity index is 2.80. The molecule has 0 aliphatic heterocycles. The second-order valence-corrected chi connectivity index (χ2v) is 3.92. The van der Waals surface area contributed by atoms with Crippen molar-refractivity contribution in [3.05, 3.63) is 34.5 Å². The number of nitrogens with one attached hydrogen (secondary N) is 1. The van der Waals surface area contributed by atoms with Gasteiger partial charge in [0.15, 0.2) is 0 Å². The maximum absolute atomic E-state index is 10.8. The van der Waals surface area contributed by atoms with E-state index in [9.17, 15) is 4.79 Å². The van der Waals surface area contributed by atoms with Crippen LogP contribution in [-0.4, -0.2) is 22.6 Å². The maximum atomic E-state index is 10.8. The molecule has 0 fully saturated rings. The van der Waals surface area contributed by atoms with Gasteiger partial charge in [0.1, 0.15) is 11.0 Å². The Hall–Kier alpha value is -1.55. The van der Waals surface area contributed by atoms with Gasteiger partial charge in [0.2, 0.25) is 0 Å². The van der Waals surface area contributed by atoms with E-state index < -0.39 is 5.97 Å². The van der Waals surface area contributed by atoms with Crippen molar-refractivity contribution >= 4 is 23.4 Å². The van der Waals surface area contributed by atoms with Gasteiger partial charge >= 0.3 is 5.97 Å². The summed E-state index contributed by atoms with van der Waals surface area (Å²) >= 11 is 5.71. The number of rotatable bonds is 4. The molecule has 5 heteroatoms. The first-order valence-electron chi connectivity index (χ1n) is 4.77. The molecule has 1 aromatic rings. The highest BCUT2D eigenvalue weighted by Gasteiger charge is 2.06. The van der Waals surface area contributed by atoms with Crippen molar-refractivity contribution in [2.24, 2.45) is 0 Å². The number of allylic oxidation sites excluding steroid dienone is 1. The van der Waals surface area contributed by atoms with Crippen molar-refractivity contribution in [1.82, 2.24) is 4.98 Å². The van der Waals surface area contributed by atoms with Crippen LogP contribution in [0.15, 0.2) is 23.8 Å². The number of anilines is 1. The van der Waals surface area contributed by atoms with Crippen LogP contribution in [0.3, 0.4) is 0 Å². The molecular formula is C11H13ClN2O2. The SMILES string of the molecule is CC(C)=CCNc1cc(C(=O)O)cc(Cl)n1. The van der Waals surface area contributed by atoms with E-state index in [1.165, 1.54) is 17.7 Å². The van der Waals surface area contributed by atoms with E-state index in [0.29, 0.717) is 12.4 Å². The summed E-state index contributed by atoms with van der Waals surface area (Å²) in [6.07, 6.45) is 1.98. The van der Waals surface area contributed by atoms with Crippen molar-refractivity contribution < 1.29 is 9.90 Å². The molecular weight excluding hydrogens is 228 g/mol. The molecule has 0 atom stereocenters. The summed E-state index contributed by atoms with van der Waals surface area (Å²) in [6.45, 7) is 4.56. The van der Waals surface area contributed by atoms with Crippen LogP contribution in [0.1, 0.15) is 24.2 Å². The smallest absolute Gasteiger partial charge is 0.335 e. The van der Waals surface area contributed by atoms with Crippen LogP contribution in [0.5, 0.6) is 0 Å². The van der Waals surface area contributed by atoms with Crippen LogP contribution in [0.25, 0.3) is 0 Å². The zero-order valence-electron chi connectivity index (χ0n) is 9.12. The van der Waals surface area contributed by atoms with Crippen molar-refractivity contribution in [2.45, 2.75) is 13.8 Å². The first-order chi connectivity index (χ1) is 7.49. The monoisotopic (exact) mass is 240 g/mol. The number of aromatic nitrogens is 1. The van der Waals surface area contributed by atoms with Gasteiger partial charge in [-0.3, -0.25) is 0 Å². The van der Waals surface area contributed by atoms with Gasteiger partial charge in [-0.05, 0) is 26.0 Å². The Morgan fingerprint density at radius 3 is 2.81 bits per heavy atom. The summed E-state index contributed by atoms with van der Waals surface area (Å²) in [5.74, 6) is -0.558. The Kier molecular flexibility index (Phi) is 4.31. The zero-order chi connectivity index (χ0) is 12.1. The molecule has 16 heavy (non-hydrogen) atoms. The lowest BCUT2D eigenvalue weighted by molar-refractivity contribution is 0.0697. The molecule has 4 nitrogen and oxygen atoms in total. The largest absolute Gasteiger partial charge is 0.478 e. The highest BCUT2D eigenvalue weighted by atomic mass is 35.5. The predicted octanol–water partition coefficient (Wildman–Crippen LogP) is 2.81. The fraction of sp³-hybridized carbons (Fsp3) is 0.273. The second kappa shape index (κ2) is 5.51. The molecule has 0 spiro atoms. The molecule has 0 aliphatic rings. The molecule has 86 valence electrons. The fourth-order valence-electron chi connectivity index (χ4n) is 1.07. The number of halogens is 1. The molecule has 0 amide bonds. The van der Waals surface area contributed by atoms with E-state index in [1.807, 2.05) is 19.9 Å². The average Bonchev–Trinajstić information content (AvgIpc) is 2.16. The summed E-state index contributed by atoms with van der Waals surface area (Å²) in [5, 5.41) is 12.0. The first-order valence-corrected chi connectivity index (χ1v) is 5.15. The summed E-state index contributed by atoms with van der Waals surface area (Å²) in [7, 11) is 0. The molecule has 0 bridgehead atoms. The van der Waals surface area contributed by atoms with Crippen molar-refractivity contribution in [1.29, 1.82) is 0 Å². The van der Waals surface area contributed by atoms with Crippen molar-refractivity contribution in [3.8, 4) is 0 Å². The second-order valence-electron chi connectivity index (χ2n) is 3.53. The highest BCUT2D eigenvalue weighted by Crippen LogP contribution is 2.14. The van der Waals surface area contributed by atoms with Gasteiger partial charge < -0.3 is 10.4 Å². The lowest BCUT2D eigenvalue weighted by atomic mass is 10.2. The number of nitrogens with zero attached hydrogens (tertiary/aromatic N) is 1. The minimum absolute atomic E-state index is 0.125. The summed E-state index contributed by atoms with van der Waals surface area (Å²) in [4.78, 5) is 14.7. The van der Waals surface area contributed by atoms with Crippen LogP contribution < -0.4 is 5.32 Å². The van der Waals surface area contributed by atoms with Gasteiger partial charge in [-0.25, -0.2) is 9.78 Å². The topological polar surface area (TPSA) is 62.2 Å². The highest BCUT2D eigenvalue weighted by molar-refractivity contribution is 6.29.